The highest BCUT2D eigenvalue weighted by molar-refractivity contribution is 7.99. The lowest BCUT2D eigenvalue weighted by molar-refractivity contribution is -0.130. The van der Waals surface area contributed by atoms with E-state index in [0.717, 1.165) is 34.9 Å². The van der Waals surface area contributed by atoms with Gasteiger partial charge in [0.15, 0.2) is 0 Å². The molecule has 1 amide bonds. The first-order valence-corrected chi connectivity index (χ1v) is 8.94. The van der Waals surface area contributed by atoms with E-state index < -0.39 is 0 Å². The Hall–Kier alpha value is -2.14. The van der Waals surface area contributed by atoms with Gasteiger partial charge in [-0.1, -0.05) is 30.3 Å². The van der Waals surface area contributed by atoms with Crippen molar-refractivity contribution in [2.24, 2.45) is 0 Å². The van der Waals surface area contributed by atoms with Crippen LogP contribution < -0.4 is 9.47 Å². The van der Waals surface area contributed by atoms with E-state index in [0.29, 0.717) is 6.42 Å². The number of hydrogen-bond donors (Lipinski definition) is 0. The zero-order valence-electron chi connectivity index (χ0n) is 13.9. The van der Waals surface area contributed by atoms with Crippen LogP contribution in [0.25, 0.3) is 0 Å². The zero-order valence-corrected chi connectivity index (χ0v) is 14.7. The number of carbonyl (C=O) groups is 1. The van der Waals surface area contributed by atoms with Gasteiger partial charge in [0.1, 0.15) is 16.9 Å². The number of rotatable bonds is 5. The molecule has 0 radical (unpaired) electrons. The van der Waals surface area contributed by atoms with Gasteiger partial charge in [-0.3, -0.25) is 4.79 Å². The number of nitrogens with zero attached hydrogens (tertiary/aromatic N) is 1. The fraction of sp³-hybridized carbons (Fsp3) is 0.316. The molecule has 1 aliphatic rings. The van der Waals surface area contributed by atoms with Crippen molar-refractivity contribution in [3.8, 4) is 11.5 Å². The third kappa shape index (κ3) is 3.51. The fourth-order valence-corrected chi connectivity index (χ4v) is 4.18. The van der Waals surface area contributed by atoms with E-state index in [1.165, 1.54) is 0 Å². The van der Waals surface area contributed by atoms with E-state index in [2.05, 4.69) is 0 Å². The van der Waals surface area contributed by atoms with Crippen LogP contribution in [0.1, 0.15) is 16.5 Å². The normalized spacial score (nSPS) is 16.9. The van der Waals surface area contributed by atoms with Crippen LogP contribution in [0.4, 0.5) is 0 Å². The minimum atomic E-state index is -0.0359. The summed E-state index contributed by atoms with van der Waals surface area (Å²) in [5, 5.41) is -0.0359. The van der Waals surface area contributed by atoms with Gasteiger partial charge in [0, 0.05) is 17.9 Å². The Balaban J connectivity index is 1.84. The minimum absolute atomic E-state index is 0.0359. The van der Waals surface area contributed by atoms with Gasteiger partial charge < -0.3 is 14.4 Å². The highest BCUT2D eigenvalue weighted by atomic mass is 32.2. The van der Waals surface area contributed by atoms with Crippen LogP contribution in [0.2, 0.25) is 0 Å². The van der Waals surface area contributed by atoms with Crippen LogP contribution in [0.3, 0.4) is 0 Å². The molecule has 0 spiro atoms. The van der Waals surface area contributed by atoms with Crippen molar-refractivity contribution in [3.05, 3.63) is 59.7 Å². The van der Waals surface area contributed by atoms with Gasteiger partial charge in [-0.25, -0.2) is 0 Å². The number of carbonyl (C=O) groups excluding carboxylic acids is 1. The monoisotopic (exact) mass is 343 g/mol. The summed E-state index contributed by atoms with van der Waals surface area (Å²) in [5.74, 6) is 2.62. The standard InChI is InChI=1S/C19H21NO3S/c1-22-15-8-9-17(23-2)16(13-15)19-20(10-11-24-19)18(21)12-14-6-4-3-5-7-14/h3-9,13,19H,10-12H2,1-2H3. The molecule has 1 unspecified atom stereocenters. The van der Waals surface area contributed by atoms with Gasteiger partial charge in [0.05, 0.1) is 20.6 Å². The minimum Gasteiger partial charge on any atom is -0.497 e. The molecular weight excluding hydrogens is 322 g/mol. The van der Waals surface area contributed by atoms with Gasteiger partial charge in [0.2, 0.25) is 5.91 Å². The smallest absolute Gasteiger partial charge is 0.228 e. The molecule has 2 aromatic rings. The second-order valence-electron chi connectivity index (χ2n) is 5.58. The first kappa shape index (κ1) is 16.7. The summed E-state index contributed by atoms with van der Waals surface area (Å²) in [7, 11) is 3.30. The quantitative estimate of drug-likeness (QED) is 0.833. The molecule has 1 heterocycles. The maximum absolute atomic E-state index is 12.8. The topological polar surface area (TPSA) is 38.8 Å². The molecule has 0 saturated carbocycles. The van der Waals surface area contributed by atoms with Crippen LogP contribution in [0.15, 0.2) is 48.5 Å². The van der Waals surface area contributed by atoms with Crippen molar-refractivity contribution in [2.75, 3.05) is 26.5 Å². The highest BCUT2D eigenvalue weighted by Gasteiger charge is 2.32. The summed E-state index contributed by atoms with van der Waals surface area (Å²) in [6.07, 6.45) is 0.421. The molecule has 0 N–H and O–H groups in total. The Morgan fingerprint density at radius 2 is 1.96 bits per heavy atom. The Kier molecular flexibility index (Phi) is 5.30. The van der Waals surface area contributed by atoms with Gasteiger partial charge >= 0.3 is 0 Å². The molecule has 0 bridgehead atoms. The molecule has 126 valence electrons. The van der Waals surface area contributed by atoms with Crippen LogP contribution in [-0.4, -0.2) is 37.3 Å². The van der Waals surface area contributed by atoms with Crippen molar-refractivity contribution in [2.45, 2.75) is 11.8 Å². The lowest BCUT2D eigenvalue weighted by Gasteiger charge is -2.26. The number of ether oxygens (including phenoxy) is 2. The molecule has 1 aliphatic heterocycles. The molecule has 4 nitrogen and oxygen atoms in total. The second-order valence-corrected chi connectivity index (χ2v) is 6.77. The molecule has 5 heteroatoms. The maximum Gasteiger partial charge on any atom is 0.228 e. The van der Waals surface area contributed by atoms with E-state index in [9.17, 15) is 4.79 Å². The fourth-order valence-electron chi connectivity index (χ4n) is 2.89. The highest BCUT2D eigenvalue weighted by Crippen LogP contribution is 2.43. The lowest BCUT2D eigenvalue weighted by atomic mass is 10.1. The number of amides is 1. The maximum atomic E-state index is 12.8. The molecular formula is C19H21NO3S. The molecule has 1 fully saturated rings. The molecule has 1 saturated heterocycles. The third-order valence-electron chi connectivity index (χ3n) is 4.11. The largest absolute Gasteiger partial charge is 0.497 e. The summed E-state index contributed by atoms with van der Waals surface area (Å²) in [6.45, 7) is 0.751. The van der Waals surface area contributed by atoms with Crippen molar-refractivity contribution in [1.29, 1.82) is 0 Å². The number of thioether (sulfide) groups is 1. The predicted molar refractivity (Wildman–Crippen MR) is 96.6 cm³/mol. The molecule has 0 aliphatic carbocycles. The van der Waals surface area contributed by atoms with Crippen molar-refractivity contribution >= 4 is 17.7 Å². The van der Waals surface area contributed by atoms with Crippen molar-refractivity contribution in [3.63, 3.8) is 0 Å². The Labute approximate surface area is 146 Å². The summed E-state index contributed by atoms with van der Waals surface area (Å²) in [5.41, 5.74) is 2.02. The number of methoxy groups -OCH3 is 2. The molecule has 2 aromatic carbocycles. The number of hydrogen-bond acceptors (Lipinski definition) is 4. The van der Waals surface area contributed by atoms with Crippen LogP contribution >= 0.6 is 11.8 Å². The third-order valence-corrected chi connectivity index (χ3v) is 5.35. The number of benzene rings is 2. The van der Waals surface area contributed by atoms with Crippen molar-refractivity contribution in [1.82, 2.24) is 4.90 Å². The molecule has 24 heavy (non-hydrogen) atoms. The average Bonchev–Trinajstić information content (AvgIpc) is 3.11. The van der Waals surface area contributed by atoms with Crippen molar-refractivity contribution < 1.29 is 14.3 Å². The van der Waals surface area contributed by atoms with Crippen LogP contribution in [0.5, 0.6) is 11.5 Å². The van der Waals surface area contributed by atoms with Gasteiger partial charge in [-0.2, -0.15) is 0 Å². The van der Waals surface area contributed by atoms with Crippen LogP contribution in [0, 0.1) is 0 Å². The van der Waals surface area contributed by atoms with Gasteiger partial charge in [0.25, 0.3) is 0 Å². The van der Waals surface area contributed by atoms with Gasteiger partial charge in [-0.05, 0) is 23.8 Å². The summed E-state index contributed by atoms with van der Waals surface area (Å²) < 4.78 is 10.8. The lowest BCUT2D eigenvalue weighted by Crippen LogP contribution is -2.31. The Bertz CT molecular complexity index is 705. The SMILES string of the molecule is COc1ccc(OC)c(C2SCCN2C(=O)Cc2ccccc2)c1. The van der Waals surface area contributed by atoms with Gasteiger partial charge in [-0.15, -0.1) is 11.8 Å². The van der Waals surface area contributed by atoms with E-state index >= 15 is 0 Å². The summed E-state index contributed by atoms with van der Waals surface area (Å²) in [6, 6.07) is 15.6. The Morgan fingerprint density at radius 1 is 1.17 bits per heavy atom. The van der Waals surface area contributed by atoms with E-state index in [1.54, 1.807) is 26.0 Å². The summed E-state index contributed by atoms with van der Waals surface area (Å²) >= 11 is 1.76. The first-order chi connectivity index (χ1) is 11.7. The van der Waals surface area contributed by atoms with E-state index in [4.69, 9.17) is 9.47 Å². The van der Waals surface area contributed by atoms with Crippen LogP contribution in [-0.2, 0) is 11.2 Å². The Morgan fingerprint density at radius 3 is 2.67 bits per heavy atom. The van der Waals surface area contributed by atoms with E-state index in [1.807, 2.05) is 53.4 Å². The zero-order chi connectivity index (χ0) is 16.9. The average molecular weight is 343 g/mol. The summed E-state index contributed by atoms with van der Waals surface area (Å²) in [4.78, 5) is 14.7. The molecule has 0 aromatic heterocycles. The molecule has 3 rings (SSSR count). The second kappa shape index (κ2) is 7.62. The van der Waals surface area contributed by atoms with E-state index in [-0.39, 0.29) is 11.3 Å². The first-order valence-electron chi connectivity index (χ1n) is 7.90. The molecule has 1 atom stereocenters. The predicted octanol–water partition coefficient (Wildman–Crippen LogP) is 3.52.